The van der Waals surface area contributed by atoms with Crippen molar-refractivity contribution in [1.82, 2.24) is 15.3 Å². The Kier molecular flexibility index (Phi) is 9.20. The molecular formula is C35H42N4O. The Hall–Kier alpha value is -3.60. The first kappa shape index (κ1) is 27.9. The average Bonchev–Trinajstić information content (AvgIpc) is 3.40. The molecule has 1 saturated carbocycles. The summed E-state index contributed by atoms with van der Waals surface area (Å²) in [4.78, 5) is 27.6. The second-order valence-electron chi connectivity index (χ2n) is 12.0. The predicted octanol–water partition coefficient (Wildman–Crippen LogP) is 6.98. The van der Waals surface area contributed by atoms with Gasteiger partial charge in [0, 0.05) is 31.1 Å². The van der Waals surface area contributed by atoms with E-state index in [2.05, 4.69) is 78.5 Å². The van der Waals surface area contributed by atoms with Gasteiger partial charge in [-0.25, -0.2) is 9.97 Å². The van der Waals surface area contributed by atoms with E-state index >= 15 is 0 Å². The topological polar surface area (TPSA) is 67.2 Å². The minimum absolute atomic E-state index is 0.125. The molecule has 2 atom stereocenters. The summed E-state index contributed by atoms with van der Waals surface area (Å²) in [5, 5.41) is 3.25. The Labute approximate surface area is 239 Å². The van der Waals surface area contributed by atoms with E-state index in [-0.39, 0.29) is 17.9 Å². The number of hydrogen-bond acceptors (Lipinski definition) is 4. The molecule has 5 heteroatoms. The van der Waals surface area contributed by atoms with Gasteiger partial charge >= 0.3 is 0 Å². The lowest BCUT2D eigenvalue weighted by atomic mass is 9.72. The first-order valence-electron chi connectivity index (χ1n) is 14.9. The van der Waals surface area contributed by atoms with E-state index in [1.807, 2.05) is 36.7 Å². The second-order valence-corrected chi connectivity index (χ2v) is 12.0. The number of aromatic nitrogens is 2. The van der Waals surface area contributed by atoms with E-state index in [4.69, 9.17) is 4.98 Å². The third-order valence-electron chi connectivity index (χ3n) is 8.28. The highest BCUT2D eigenvalue weighted by molar-refractivity contribution is 6.11. The molecule has 5 nitrogen and oxygen atoms in total. The van der Waals surface area contributed by atoms with Crippen LogP contribution in [-0.4, -0.2) is 28.1 Å². The summed E-state index contributed by atoms with van der Waals surface area (Å²) < 4.78 is 0. The summed E-state index contributed by atoms with van der Waals surface area (Å²) in [5.74, 6) is 2.40. The average molecular weight is 535 g/mol. The zero-order valence-electron chi connectivity index (χ0n) is 24.1. The van der Waals surface area contributed by atoms with Gasteiger partial charge in [0.1, 0.15) is 5.82 Å². The number of carbonyl (C=O) groups excluding carboxylic acids is 1. The maximum atomic E-state index is 13.7. The molecular weight excluding hydrogens is 492 g/mol. The predicted molar refractivity (Wildman–Crippen MR) is 163 cm³/mol. The van der Waals surface area contributed by atoms with Crippen molar-refractivity contribution in [3.8, 4) is 0 Å². The molecule has 2 aromatic carbocycles. The molecule has 0 saturated heterocycles. The highest BCUT2D eigenvalue weighted by atomic mass is 16.1. The number of carbonyl (C=O) groups is 1. The highest BCUT2D eigenvalue weighted by Crippen LogP contribution is 2.40. The minimum atomic E-state index is -0.158. The number of rotatable bonds is 10. The molecule has 40 heavy (non-hydrogen) atoms. The summed E-state index contributed by atoms with van der Waals surface area (Å²) >= 11 is 0. The van der Waals surface area contributed by atoms with Crippen LogP contribution in [0.25, 0.3) is 5.57 Å². The van der Waals surface area contributed by atoms with Crippen LogP contribution in [0.15, 0.2) is 77.9 Å². The molecule has 1 aliphatic heterocycles. The Morgan fingerprint density at radius 2 is 1.73 bits per heavy atom. The molecule has 1 fully saturated rings. The van der Waals surface area contributed by atoms with Crippen LogP contribution >= 0.6 is 0 Å². The van der Waals surface area contributed by atoms with E-state index in [0.29, 0.717) is 24.3 Å². The summed E-state index contributed by atoms with van der Waals surface area (Å²) in [6.07, 6.45) is 12.2. The van der Waals surface area contributed by atoms with Crippen LogP contribution in [0, 0.1) is 17.8 Å². The van der Waals surface area contributed by atoms with Crippen LogP contribution in [0.2, 0.25) is 0 Å². The number of hydrogen-bond donors (Lipinski definition) is 1. The molecule has 1 aliphatic carbocycles. The van der Waals surface area contributed by atoms with E-state index in [0.717, 1.165) is 72.3 Å². The Morgan fingerprint density at radius 1 is 0.975 bits per heavy atom. The lowest BCUT2D eigenvalue weighted by molar-refractivity contribution is -0.124. The van der Waals surface area contributed by atoms with Crippen LogP contribution < -0.4 is 5.32 Å². The van der Waals surface area contributed by atoms with Crippen molar-refractivity contribution in [2.24, 2.45) is 22.7 Å². The van der Waals surface area contributed by atoms with Gasteiger partial charge in [0.25, 0.3) is 0 Å². The number of amides is 1. The quantitative estimate of drug-likeness (QED) is 0.305. The van der Waals surface area contributed by atoms with Crippen molar-refractivity contribution in [3.05, 3.63) is 101 Å². The van der Waals surface area contributed by atoms with Crippen molar-refractivity contribution in [2.45, 2.75) is 77.8 Å². The molecule has 1 amide bonds. The lowest BCUT2D eigenvalue weighted by Gasteiger charge is -2.33. The number of nitrogens with zero attached hydrogens (tertiary/aromatic N) is 3. The Balaban J connectivity index is 1.27. The van der Waals surface area contributed by atoms with Crippen molar-refractivity contribution in [3.63, 3.8) is 0 Å². The van der Waals surface area contributed by atoms with Crippen LogP contribution in [-0.2, 0) is 24.2 Å². The summed E-state index contributed by atoms with van der Waals surface area (Å²) in [6.45, 7) is 7.10. The van der Waals surface area contributed by atoms with Gasteiger partial charge in [0.2, 0.25) is 5.91 Å². The first-order valence-corrected chi connectivity index (χ1v) is 14.9. The van der Waals surface area contributed by atoms with Crippen molar-refractivity contribution in [1.29, 1.82) is 0 Å². The van der Waals surface area contributed by atoms with E-state index in [1.165, 1.54) is 0 Å². The standard InChI is InChI=1S/C35H42N4O/c1-24(2)19-32-17-18-36-33(39-32)21-26-9-11-29(12-10-26)34(35(40)38-22-27-7-5-4-6-8-27)30-15-13-28(14-16-30)31-20-25(3)37-23-31/h4-8,13-18,20,23-26,29,34H,9-12,19,21-22H2,1-3H3,(H,38,40)/t25?,26-,29-,34?. The van der Waals surface area contributed by atoms with E-state index in [9.17, 15) is 4.79 Å². The first-order chi connectivity index (χ1) is 19.4. The van der Waals surface area contributed by atoms with Gasteiger partial charge in [-0.1, -0.05) is 74.5 Å². The second kappa shape index (κ2) is 13.2. The fraction of sp³-hybridized carbons (Fsp3) is 0.429. The molecule has 2 unspecified atom stereocenters. The third-order valence-corrected chi connectivity index (χ3v) is 8.28. The van der Waals surface area contributed by atoms with Gasteiger partial charge in [-0.05, 0) is 85.1 Å². The van der Waals surface area contributed by atoms with Crippen LogP contribution in [0.4, 0.5) is 0 Å². The van der Waals surface area contributed by atoms with Crippen molar-refractivity contribution >= 4 is 17.7 Å². The van der Waals surface area contributed by atoms with Gasteiger partial charge in [0.05, 0.1) is 12.0 Å². The molecule has 2 aliphatic rings. The normalized spacial score (nSPS) is 21.3. The zero-order valence-corrected chi connectivity index (χ0v) is 24.1. The van der Waals surface area contributed by atoms with Crippen molar-refractivity contribution < 1.29 is 4.79 Å². The molecule has 1 aromatic heterocycles. The largest absolute Gasteiger partial charge is 0.351 e. The molecule has 2 heterocycles. The fourth-order valence-electron chi connectivity index (χ4n) is 6.19. The Morgan fingerprint density at radius 3 is 2.40 bits per heavy atom. The molecule has 0 bridgehead atoms. The fourth-order valence-corrected chi connectivity index (χ4v) is 6.19. The van der Waals surface area contributed by atoms with Crippen molar-refractivity contribution in [2.75, 3.05) is 0 Å². The van der Waals surface area contributed by atoms with Gasteiger partial charge in [0.15, 0.2) is 0 Å². The van der Waals surface area contributed by atoms with Gasteiger partial charge in [-0.3, -0.25) is 9.79 Å². The monoisotopic (exact) mass is 534 g/mol. The van der Waals surface area contributed by atoms with E-state index < -0.39 is 0 Å². The lowest BCUT2D eigenvalue weighted by Crippen LogP contribution is -2.35. The zero-order chi connectivity index (χ0) is 27.9. The highest BCUT2D eigenvalue weighted by Gasteiger charge is 2.33. The van der Waals surface area contributed by atoms with Crippen LogP contribution in [0.3, 0.4) is 0 Å². The number of benzene rings is 2. The number of aliphatic imine (C=N–C) groups is 1. The van der Waals surface area contributed by atoms with Gasteiger partial charge in [-0.2, -0.15) is 0 Å². The SMILES string of the molecule is CC(C)Cc1ccnc(C[C@H]2CC[C@H](C(C(=O)NCc3ccccc3)c3ccc(C4=CC(C)N=C4)cc3)CC2)n1. The molecule has 0 radical (unpaired) electrons. The smallest absolute Gasteiger partial charge is 0.228 e. The maximum Gasteiger partial charge on any atom is 0.228 e. The summed E-state index contributed by atoms with van der Waals surface area (Å²) in [6, 6.07) is 21.0. The van der Waals surface area contributed by atoms with Crippen LogP contribution in [0.1, 0.15) is 80.6 Å². The number of nitrogens with one attached hydrogen (secondary N) is 1. The molecule has 3 aromatic rings. The number of allylic oxidation sites excluding steroid dienone is 1. The van der Waals surface area contributed by atoms with E-state index in [1.54, 1.807) is 0 Å². The Bertz CT molecular complexity index is 1320. The van der Waals surface area contributed by atoms with Gasteiger partial charge < -0.3 is 5.32 Å². The maximum absolute atomic E-state index is 13.7. The summed E-state index contributed by atoms with van der Waals surface area (Å²) in [7, 11) is 0. The summed E-state index contributed by atoms with van der Waals surface area (Å²) in [5.41, 5.74) is 5.68. The molecule has 1 N–H and O–H groups in total. The van der Waals surface area contributed by atoms with Gasteiger partial charge in [-0.15, -0.1) is 0 Å². The minimum Gasteiger partial charge on any atom is -0.351 e. The third kappa shape index (κ3) is 7.32. The van der Waals surface area contributed by atoms with Crippen LogP contribution in [0.5, 0.6) is 0 Å². The molecule has 0 spiro atoms. The molecule has 5 rings (SSSR count). The molecule has 208 valence electrons.